The van der Waals surface area contributed by atoms with Gasteiger partial charge in [-0.05, 0) is 24.1 Å². The minimum atomic E-state index is -4.41. The molecule has 0 aliphatic rings. The van der Waals surface area contributed by atoms with Gasteiger partial charge in [0, 0.05) is 12.2 Å². The fourth-order valence-electron chi connectivity index (χ4n) is 1.82. The van der Waals surface area contributed by atoms with Crippen LogP contribution in [0.4, 0.5) is 24.7 Å². The molecule has 2 aromatic rings. The van der Waals surface area contributed by atoms with Gasteiger partial charge in [-0.3, -0.25) is 4.79 Å². The molecule has 1 aromatic heterocycles. The monoisotopic (exact) mass is 338 g/mol. The van der Waals surface area contributed by atoms with Gasteiger partial charge in [-0.15, -0.1) is 0 Å². The van der Waals surface area contributed by atoms with E-state index in [9.17, 15) is 18.0 Å². The fourth-order valence-corrected chi connectivity index (χ4v) is 1.82. The summed E-state index contributed by atoms with van der Waals surface area (Å²) in [5.74, 6) is 0.209. The van der Waals surface area contributed by atoms with E-state index >= 15 is 0 Å². The number of amides is 1. The standard InChI is InChI=1S/C16H17F3N4O/c1-10(2)7-22-15(24)13-8-21-14(9-20-13)23-12-5-3-4-11(6-12)16(17,18)19/h3-6,8-10H,7H2,1-2H3,(H,21,23)(H,22,24). The molecule has 2 rings (SSSR count). The van der Waals surface area contributed by atoms with E-state index in [2.05, 4.69) is 20.6 Å². The topological polar surface area (TPSA) is 66.9 Å². The van der Waals surface area contributed by atoms with E-state index in [1.165, 1.54) is 24.5 Å². The van der Waals surface area contributed by atoms with Crippen LogP contribution >= 0.6 is 0 Å². The maximum absolute atomic E-state index is 12.7. The molecule has 1 amide bonds. The van der Waals surface area contributed by atoms with Crippen molar-refractivity contribution in [3.63, 3.8) is 0 Å². The molecule has 24 heavy (non-hydrogen) atoms. The van der Waals surface area contributed by atoms with Crippen LogP contribution in [-0.4, -0.2) is 22.4 Å². The van der Waals surface area contributed by atoms with Crippen molar-refractivity contribution in [1.29, 1.82) is 0 Å². The number of nitrogens with zero attached hydrogens (tertiary/aromatic N) is 2. The lowest BCUT2D eigenvalue weighted by Gasteiger charge is -2.10. The number of halogens is 3. The van der Waals surface area contributed by atoms with Gasteiger partial charge in [0.15, 0.2) is 0 Å². The summed E-state index contributed by atoms with van der Waals surface area (Å²) in [5, 5.41) is 5.43. The molecule has 1 heterocycles. The Labute approximate surface area is 137 Å². The van der Waals surface area contributed by atoms with Crippen LogP contribution in [0.1, 0.15) is 29.9 Å². The zero-order valence-electron chi connectivity index (χ0n) is 13.2. The number of alkyl halides is 3. The molecule has 0 saturated heterocycles. The molecule has 0 fully saturated rings. The number of hydrogen-bond donors (Lipinski definition) is 2. The highest BCUT2D eigenvalue weighted by atomic mass is 19.4. The van der Waals surface area contributed by atoms with Crippen LogP contribution in [0.5, 0.6) is 0 Å². The second-order valence-electron chi connectivity index (χ2n) is 5.59. The Balaban J connectivity index is 2.05. The first kappa shape index (κ1) is 17.7. The summed E-state index contributed by atoms with van der Waals surface area (Å²) in [6.07, 6.45) is -1.85. The second kappa shape index (κ2) is 7.29. The quantitative estimate of drug-likeness (QED) is 0.874. The van der Waals surface area contributed by atoms with Crippen molar-refractivity contribution >= 4 is 17.4 Å². The van der Waals surface area contributed by atoms with Crippen LogP contribution in [0.3, 0.4) is 0 Å². The molecule has 0 spiro atoms. The van der Waals surface area contributed by atoms with Crippen LogP contribution < -0.4 is 10.6 Å². The molecule has 0 aliphatic carbocycles. The predicted molar refractivity (Wildman–Crippen MR) is 83.9 cm³/mol. The van der Waals surface area contributed by atoms with Gasteiger partial charge in [-0.1, -0.05) is 19.9 Å². The van der Waals surface area contributed by atoms with Crippen molar-refractivity contribution in [2.75, 3.05) is 11.9 Å². The third-order valence-corrected chi connectivity index (χ3v) is 3.02. The Bertz CT molecular complexity index is 699. The predicted octanol–water partition coefficient (Wildman–Crippen LogP) is 3.62. The Morgan fingerprint density at radius 1 is 1.21 bits per heavy atom. The first-order valence-corrected chi connectivity index (χ1v) is 7.30. The molecule has 2 N–H and O–H groups in total. The molecule has 0 atom stereocenters. The Kier molecular flexibility index (Phi) is 5.38. The van der Waals surface area contributed by atoms with E-state index in [1.54, 1.807) is 0 Å². The normalized spacial score (nSPS) is 11.4. The van der Waals surface area contributed by atoms with Crippen molar-refractivity contribution in [1.82, 2.24) is 15.3 Å². The highest BCUT2D eigenvalue weighted by molar-refractivity contribution is 5.92. The van der Waals surface area contributed by atoms with Crippen molar-refractivity contribution in [2.24, 2.45) is 5.92 Å². The Morgan fingerprint density at radius 3 is 2.54 bits per heavy atom. The van der Waals surface area contributed by atoms with Crippen molar-refractivity contribution < 1.29 is 18.0 Å². The molecule has 0 aliphatic heterocycles. The van der Waals surface area contributed by atoms with Crippen molar-refractivity contribution in [3.05, 3.63) is 47.9 Å². The van der Waals surface area contributed by atoms with Crippen LogP contribution in [0.15, 0.2) is 36.7 Å². The molecule has 0 radical (unpaired) electrons. The summed E-state index contributed by atoms with van der Waals surface area (Å²) < 4.78 is 38.0. The lowest BCUT2D eigenvalue weighted by molar-refractivity contribution is -0.137. The average molecular weight is 338 g/mol. The molecule has 0 saturated carbocycles. The highest BCUT2D eigenvalue weighted by Gasteiger charge is 2.30. The van der Waals surface area contributed by atoms with Gasteiger partial charge in [0.05, 0.1) is 18.0 Å². The van der Waals surface area contributed by atoms with Crippen LogP contribution in [0.2, 0.25) is 0 Å². The lowest BCUT2D eigenvalue weighted by atomic mass is 10.2. The SMILES string of the molecule is CC(C)CNC(=O)c1cnc(Nc2cccc(C(F)(F)F)c2)cn1. The minimum absolute atomic E-state index is 0.144. The molecule has 0 unspecified atom stereocenters. The van der Waals surface area contributed by atoms with Crippen LogP contribution in [0, 0.1) is 5.92 Å². The maximum atomic E-state index is 12.7. The second-order valence-corrected chi connectivity index (χ2v) is 5.59. The van der Waals surface area contributed by atoms with Crippen molar-refractivity contribution in [2.45, 2.75) is 20.0 Å². The molecule has 1 aromatic carbocycles. The number of anilines is 2. The number of hydrogen-bond acceptors (Lipinski definition) is 4. The Hall–Kier alpha value is -2.64. The number of nitrogens with one attached hydrogen (secondary N) is 2. The molecule has 5 nitrogen and oxygen atoms in total. The molecular weight excluding hydrogens is 321 g/mol. The van der Waals surface area contributed by atoms with Crippen molar-refractivity contribution in [3.8, 4) is 0 Å². The number of carbonyl (C=O) groups excluding carboxylic acids is 1. The summed E-state index contributed by atoms with van der Waals surface area (Å²) in [6, 6.07) is 4.75. The number of aromatic nitrogens is 2. The van der Waals surface area contributed by atoms with Crippen LogP contribution in [0.25, 0.3) is 0 Å². The summed E-state index contributed by atoms with van der Waals surface area (Å²) in [7, 11) is 0. The summed E-state index contributed by atoms with van der Waals surface area (Å²) >= 11 is 0. The van der Waals surface area contributed by atoms with Crippen LogP contribution in [-0.2, 0) is 6.18 Å². The third kappa shape index (κ3) is 4.94. The van der Waals surface area contributed by atoms with Gasteiger partial charge in [0.25, 0.3) is 5.91 Å². The number of benzene rings is 1. The minimum Gasteiger partial charge on any atom is -0.350 e. The number of carbonyl (C=O) groups is 1. The smallest absolute Gasteiger partial charge is 0.350 e. The lowest BCUT2D eigenvalue weighted by Crippen LogP contribution is -2.28. The van der Waals surface area contributed by atoms with Gasteiger partial charge in [-0.25, -0.2) is 9.97 Å². The maximum Gasteiger partial charge on any atom is 0.416 e. The zero-order chi connectivity index (χ0) is 17.7. The first-order chi connectivity index (χ1) is 11.3. The van der Waals surface area contributed by atoms with Gasteiger partial charge >= 0.3 is 6.18 Å². The number of rotatable bonds is 5. The summed E-state index contributed by atoms with van der Waals surface area (Å²) in [5.41, 5.74) is -0.383. The molecule has 8 heteroatoms. The van der Waals surface area contributed by atoms with Gasteiger partial charge in [0.1, 0.15) is 11.5 Å². The average Bonchev–Trinajstić information content (AvgIpc) is 2.53. The summed E-state index contributed by atoms with van der Waals surface area (Å²) in [6.45, 7) is 4.45. The molecule has 0 bridgehead atoms. The van der Waals surface area contributed by atoms with E-state index in [4.69, 9.17) is 0 Å². The zero-order valence-corrected chi connectivity index (χ0v) is 13.2. The molecule has 128 valence electrons. The van der Waals surface area contributed by atoms with Gasteiger partial charge in [0.2, 0.25) is 0 Å². The van der Waals surface area contributed by atoms with Gasteiger partial charge in [-0.2, -0.15) is 13.2 Å². The van der Waals surface area contributed by atoms with E-state index in [1.807, 2.05) is 13.8 Å². The van der Waals surface area contributed by atoms with E-state index in [-0.39, 0.29) is 23.1 Å². The first-order valence-electron chi connectivity index (χ1n) is 7.30. The third-order valence-electron chi connectivity index (χ3n) is 3.02. The van der Waals surface area contributed by atoms with E-state index in [0.29, 0.717) is 12.5 Å². The summed E-state index contributed by atoms with van der Waals surface area (Å²) in [4.78, 5) is 19.8. The van der Waals surface area contributed by atoms with Gasteiger partial charge < -0.3 is 10.6 Å². The largest absolute Gasteiger partial charge is 0.416 e. The Morgan fingerprint density at radius 2 is 1.96 bits per heavy atom. The fraction of sp³-hybridized carbons (Fsp3) is 0.312. The molecular formula is C16H17F3N4O. The highest BCUT2D eigenvalue weighted by Crippen LogP contribution is 2.31. The van der Waals surface area contributed by atoms with E-state index < -0.39 is 11.7 Å². The van der Waals surface area contributed by atoms with E-state index in [0.717, 1.165) is 12.1 Å².